The summed E-state index contributed by atoms with van der Waals surface area (Å²) in [7, 11) is 0. The Bertz CT molecular complexity index is 882. The van der Waals surface area contributed by atoms with Gasteiger partial charge in [-0.15, -0.1) is 0 Å². The SMILES string of the molecule is CCC[C@@H](C(N)=O)N(C(=O)Cc1cccc(C)c1)[C@@H](CCc1ccccc1)C(=O)CO. The van der Waals surface area contributed by atoms with E-state index < -0.39 is 30.4 Å². The number of rotatable bonds is 12. The minimum atomic E-state index is -0.924. The highest BCUT2D eigenvalue weighted by Gasteiger charge is 2.36. The molecule has 6 heteroatoms. The first-order chi connectivity index (χ1) is 14.9. The van der Waals surface area contributed by atoms with E-state index in [9.17, 15) is 19.5 Å². The van der Waals surface area contributed by atoms with Crippen LogP contribution in [0.25, 0.3) is 0 Å². The number of primary amides is 1. The van der Waals surface area contributed by atoms with E-state index in [2.05, 4.69) is 0 Å². The number of ketones is 1. The molecule has 0 aliphatic rings. The molecule has 0 saturated carbocycles. The maximum Gasteiger partial charge on any atom is 0.240 e. The lowest BCUT2D eigenvalue weighted by Crippen LogP contribution is -2.56. The topological polar surface area (TPSA) is 101 Å². The van der Waals surface area contributed by atoms with Crippen molar-refractivity contribution in [3.63, 3.8) is 0 Å². The zero-order valence-corrected chi connectivity index (χ0v) is 18.3. The molecule has 31 heavy (non-hydrogen) atoms. The third-order valence-electron chi connectivity index (χ3n) is 5.36. The number of Topliss-reactive ketones (excluding diaryl/α,β-unsaturated/α-hetero) is 1. The van der Waals surface area contributed by atoms with Gasteiger partial charge in [0, 0.05) is 0 Å². The molecule has 2 amide bonds. The third-order valence-corrected chi connectivity index (χ3v) is 5.36. The zero-order chi connectivity index (χ0) is 22.8. The number of aliphatic hydroxyl groups excluding tert-OH is 1. The van der Waals surface area contributed by atoms with Gasteiger partial charge in [-0.3, -0.25) is 14.4 Å². The summed E-state index contributed by atoms with van der Waals surface area (Å²) < 4.78 is 0. The molecule has 2 aromatic rings. The zero-order valence-electron chi connectivity index (χ0n) is 18.3. The second kappa shape index (κ2) is 12.0. The number of aliphatic hydroxyl groups is 1. The highest BCUT2D eigenvalue weighted by atomic mass is 16.3. The maximum absolute atomic E-state index is 13.4. The van der Waals surface area contributed by atoms with Gasteiger partial charge in [-0.2, -0.15) is 0 Å². The number of hydrogen-bond donors (Lipinski definition) is 2. The highest BCUT2D eigenvalue weighted by molar-refractivity contribution is 5.94. The van der Waals surface area contributed by atoms with Gasteiger partial charge in [0.15, 0.2) is 5.78 Å². The molecule has 0 unspecified atom stereocenters. The van der Waals surface area contributed by atoms with Crippen molar-refractivity contribution in [2.24, 2.45) is 5.73 Å². The van der Waals surface area contributed by atoms with E-state index in [0.717, 1.165) is 16.7 Å². The van der Waals surface area contributed by atoms with Gasteiger partial charge in [0.25, 0.3) is 0 Å². The number of nitrogens with zero attached hydrogens (tertiary/aromatic N) is 1. The molecule has 0 heterocycles. The molecule has 0 radical (unpaired) electrons. The van der Waals surface area contributed by atoms with Crippen molar-refractivity contribution >= 4 is 17.6 Å². The van der Waals surface area contributed by atoms with Crippen molar-refractivity contribution in [2.45, 2.75) is 58.0 Å². The summed E-state index contributed by atoms with van der Waals surface area (Å²) in [6, 6.07) is 15.3. The van der Waals surface area contributed by atoms with E-state index in [1.165, 1.54) is 4.90 Å². The lowest BCUT2D eigenvalue weighted by molar-refractivity contribution is -0.147. The molecule has 166 valence electrons. The Morgan fingerprint density at radius 3 is 2.23 bits per heavy atom. The summed E-state index contributed by atoms with van der Waals surface area (Å²) >= 11 is 0. The largest absolute Gasteiger partial charge is 0.389 e. The first-order valence-electron chi connectivity index (χ1n) is 10.7. The lowest BCUT2D eigenvalue weighted by Gasteiger charge is -2.36. The van der Waals surface area contributed by atoms with Crippen LogP contribution in [0.2, 0.25) is 0 Å². The first-order valence-corrected chi connectivity index (χ1v) is 10.7. The van der Waals surface area contributed by atoms with Crippen molar-refractivity contribution < 1.29 is 19.5 Å². The molecule has 0 saturated heterocycles. The average molecular weight is 425 g/mol. The third kappa shape index (κ3) is 7.03. The lowest BCUT2D eigenvalue weighted by atomic mass is 9.96. The van der Waals surface area contributed by atoms with Gasteiger partial charge in [0.05, 0.1) is 12.5 Å². The van der Waals surface area contributed by atoms with E-state index in [0.29, 0.717) is 25.7 Å². The van der Waals surface area contributed by atoms with Crippen LogP contribution in [0.15, 0.2) is 54.6 Å². The fourth-order valence-corrected chi connectivity index (χ4v) is 3.85. The van der Waals surface area contributed by atoms with Crippen LogP contribution in [0.4, 0.5) is 0 Å². The molecule has 0 fully saturated rings. The molecular formula is C25H32N2O4. The fourth-order valence-electron chi connectivity index (χ4n) is 3.85. The van der Waals surface area contributed by atoms with Crippen LogP contribution >= 0.6 is 0 Å². The Morgan fingerprint density at radius 1 is 0.968 bits per heavy atom. The molecule has 3 N–H and O–H groups in total. The molecule has 0 aliphatic carbocycles. The van der Waals surface area contributed by atoms with Crippen molar-refractivity contribution in [3.8, 4) is 0 Å². The number of carbonyl (C=O) groups excluding carboxylic acids is 3. The van der Waals surface area contributed by atoms with Crippen molar-refractivity contribution in [3.05, 3.63) is 71.3 Å². The summed E-state index contributed by atoms with van der Waals surface area (Å²) in [6.07, 6.45) is 1.87. The number of benzene rings is 2. The Hall–Kier alpha value is -2.99. The molecule has 0 bridgehead atoms. The van der Waals surface area contributed by atoms with Crippen LogP contribution in [0.1, 0.15) is 42.9 Å². The van der Waals surface area contributed by atoms with Crippen LogP contribution < -0.4 is 5.73 Å². The van der Waals surface area contributed by atoms with Crippen LogP contribution in [0.5, 0.6) is 0 Å². The highest BCUT2D eigenvalue weighted by Crippen LogP contribution is 2.20. The van der Waals surface area contributed by atoms with Crippen molar-refractivity contribution in [2.75, 3.05) is 6.61 Å². The van der Waals surface area contributed by atoms with Gasteiger partial charge in [-0.05, 0) is 37.3 Å². The van der Waals surface area contributed by atoms with Gasteiger partial charge >= 0.3 is 0 Å². The smallest absolute Gasteiger partial charge is 0.240 e. The predicted molar refractivity (Wildman–Crippen MR) is 120 cm³/mol. The molecule has 6 nitrogen and oxygen atoms in total. The van der Waals surface area contributed by atoms with Gasteiger partial charge in [-0.25, -0.2) is 0 Å². The first kappa shape index (κ1) is 24.3. The van der Waals surface area contributed by atoms with E-state index in [-0.39, 0.29) is 12.3 Å². The summed E-state index contributed by atoms with van der Waals surface area (Å²) in [5, 5.41) is 9.61. The van der Waals surface area contributed by atoms with Gasteiger partial charge < -0.3 is 15.7 Å². The van der Waals surface area contributed by atoms with E-state index in [1.807, 2.05) is 68.4 Å². The van der Waals surface area contributed by atoms with Crippen LogP contribution in [-0.2, 0) is 27.2 Å². The van der Waals surface area contributed by atoms with Crippen LogP contribution in [0.3, 0.4) is 0 Å². The average Bonchev–Trinajstić information content (AvgIpc) is 2.75. The normalized spacial score (nSPS) is 12.7. The summed E-state index contributed by atoms with van der Waals surface area (Å²) in [6.45, 7) is 3.13. The molecule has 0 aliphatic heterocycles. The summed E-state index contributed by atoms with van der Waals surface area (Å²) in [5.41, 5.74) is 8.49. The van der Waals surface area contributed by atoms with E-state index in [4.69, 9.17) is 5.73 Å². The number of hydrogen-bond acceptors (Lipinski definition) is 4. The molecular weight excluding hydrogens is 392 g/mol. The number of nitrogens with two attached hydrogens (primary N) is 1. The quantitative estimate of drug-likeness (QED) is 0.547. The van der Waals surface area contributed by atoms with Crippen molar-refractivity contribution in [1.29, 1.82) is 0 Å². The van der Waals surface area contributed by atoms with Crippen LogP contribution in [-0.4, -0.2) is 46.3 Å². The van der Waals surface area contributed by atoms with Gasteiger partial charge in [0.1, 0.15) is 12.6 Å². The second-order valence-corrected chi connectivity index (χ2v) is 7.84. The standard InChI is InChI=1S/C25H32N2O4/c1-3-8-22(25(26)31)27(24(30)16-20-12-7-9-18(2)15-20)21(23(29)17-28)14-13-19-10-5-4-6-11-19/h4-7,9-12,15,21-22,28H,3,8,13-14,16-17H2,1-2H3,(H2,26,31)/t21-,22-/m0/s1. The second-order valence-electron chi connectivity index (χ2n) is 7.84. The van der Waals surface area contributed by atoms with Crippen molar-refractivity contribution in [1.82, 2.24) is 4.90 Å². The number of carbonyl (C=O) groups is 3. The van der Waals surface area contributed by atoms with E-state index in [1.54, 1.807) is 0 Å². The minimum Gasteiger partial charge on any atom is -0.389 e. The Labute approximate surface area is 184 Å². The Kier molecular flexibility index (Phi) is 9.40. The predicted octanol–water partition coefficient (Wildman–Crippen LogP) is 2.58. The summed E-state index contributed by atoms with van der Waals surface area (Å²) in [4.78, 5) is 39.7. The van der Waals surface area contributed by atoms with Crippen LogP contribution in [0, 0.1) is 6.92 Å². The van der Waals surface area contributed by atoms with E-state index >= 15 is 0 Å². The monoisotopic (exact) mass is 424 g/mol. The Balaban J connectivity index is 2.38. The Morgan fingerprint density at radius 2 is 1.65 bits per heavy atom. The fraction of sp³-hybridized carbons (Fsp3) is 0.400. The minimum absolute atomic E-state index is 0.0513. The molecule has 2 rings (SSSR count). The van der Waals surface area contributed by atoms with Gasteiger partial charge in [0.2, 0.25) is 11.8 Å². The molecule has 2 atom stereocenters. The van der Waals surface area contributed by atoms with Gasteiger partial charge in [-0.1, -0.05) is 73.5 Å². The number of amides is 2. The summed E-state index contributed by atoms with van der Waals surface area (Å²) in [5.74, 6) is -1.48. The maximum atomic E-state index is 13.4. The molecule has 2 aromatic carbocycles. The molecule has 0 spiro atoms. The number of aryl methyl sites for hydroxylation is 2. The molecule has 0 aromatic heterocycles.